The summed E-state index contributed by atoms with van der Waals surface area (Å²) in [6.45, 7) is 5.12. The number of aliphatic hydroxyl groups excluding tert-OH is 1. The molecule has 2 rings (SSSR count). The van der Waals surface area contributed by atoms with Gasteiger partial charge in [0, 0.05) is 18.7 Å². The number of pyridine rings is 1. The van der Waals surface area contributed by atoms with Crippen LogP contribution in [0.3, 0.4) is 0 Å². The summed E-state index contributed by atoms with van der Waals surface area (Å²) >= 11 is 0. The number of esters is 1. The molecule has 0 bridgehead atoms. The predicted octanol–water partition coefficient (Wildman–Crippen LogP) is 2.26. The summed E-state index contributed by atoms with van der Waals surface area (Å²) < 4.78 is 10.5. The van der Waals surface area contributed by atoms with Crippen molar-refractivity contribution < 1.29 is 29.3 Å². The Kier molecular flexibility index (Phi) is 6.67. The number of rotatable bonds is 4. The highest BCUT2D eigenvalue weighted by atomic mass is 16.6. The van der Waals surface area contributed by atoms with E-state index in [9.17, 15) is 9.59 Å². The van der Waals surface area contributed by atoms with Crippen LogP contribution in [-0.2, 0) is 9.53 Å². The summed E-state index contributed by atoms with van der Waals surface area (Å²) in [6, 6.07) is 6.51. The molecule has 130 valence electrons. The van der Waals surface area contributed by atoms with E-state index in [0.717, 1.165) is 7.11 Å². The minimum atomic E-state index is -1.05. The second-order valence-electron chi connectivity index (χ2n) is 5.76. The number of carboxylic acids is 1. The average molecular weight is 335 g/mol. The number of carbonyl (C=O) groups is 2. The first-order valence-electron chi connectivity index (χ1n) is 7.17. The Labute approximate surface area is 139 Å². The molecule has 7 nitrogen and oxygen atoms in total. The smallest absolute Gasteiger partial charge is 0.344 e. The average Bonchev–Trinajstić information content (AvgIpc) is 2.52. The van der Waals surface area contributed by atoms with E-state index in [4.69, 9.17) is 19.7 Å². The predicted molar refractivity (Wildman–Crippen MR) is 88.2 cm³/mol. The minimum absolute atomic E-state index is 0.0943. The molecule has 0 radical (unpaired) electrons. The molecule has 0 spiro atoms. The van der Waals surface area contributed by atoms with Crippen molar-refractivity contribution in [3.63, 3.8) is 0 Å². The van der Waals surface area contributed by atoms with Crippen LogP contribution in [0.25, 0.3) is 10.9 Å². The van der Waals surface area contributed by atoms with Crippen LogP contribution in [0.5, 0.6) is 5.75 Å². The summed E-state index contributed by atoms with van der Waals surface area (Å²) in [7, 11) is 1.00. The number of hydrogen-bond acceptors (Lipinski definition) is 6. The lowest BCUT2D eigenvalue weighted by molar-refractivity contribution is -0.157. The van der Waals surface area contributed by atoms with Crippen LogP contribution in [0.15, 0.2) is 30.5 Å². The zero-order chi connectivity index (χ0) is 18.3. The molecule has 2 N–H and O–H groups in total. The molecule has 1 aromatic heterocycles. The van der Waals surface area contributed by atoms with Crippen LogP contribution in [0.4, 0.5) is 0 Å². The number of carbonyl (C=O) groups excluding carboxylic acids is 1. The number of aliphatic hydroxyl groups is 1. The van der Waals surface area contributed by atoms with Crippen molar-refractivity contribution in [3.8, 4) is 5.75 Å². The van der Waals surface area contributed by atoms with E-state index in [2.05, 4.69) is 4.98 Å². The highest BCUT2D eigenvalue weighted by Gasteiger charge is 2.16. The van der Waals surface area contributed by atoms with E-state index in [0.29, 0.717) is 16.7 Å². The Hall–Kier alpha value is -2.67. The second-order valence-corrected chi connectivity index (χ2v) is 5.76. The molecule has 0 aliphatic carbocycles. The van der Waals surface area contributed by atoms with Crippen LogP contribution >= 0.6 is 0 Å². The monoisotopic (exact) mass is 335 g/mol. The fourth-order valence-corrected chi connectivity index (χ4v) is 1.83. The number of benzene rings is 1. The van der Waals surface area contributed by atoms with E-state index in [1.54, 1.807) is 39.0 Å². The Morgan fingerprint density at radius 3 is 2.42 bits per heavy atom. The van der Waals surface area contributed by atoms with Crippen LogP contribution < -0.4 is 4.74 Å². The lowest BCUT2D eigenvalue weighted by Gasteiger charge is -2.19. The molecule has 0 fully saturated rings. The number of aromatic carboxylic acids is 1. The summed E-state index contributed by atoms with van der Waals surface area (Å²) in [5.41, 5.74) is 0.177. The van der Waals surface area contributed by atoms with Gasteiger partial charge in [-0.3, -0.25) is 4.98 Å². The normalized spacial score (nSPS) is 10.5. The Bertz CT molecular complexity index is 721. The van der Waals surface area contributed by atoms with Crippen LogP contribution in [0.1, 0.15) is 31.1 Å². The van der Waals surface area contributed by atoms with Crippen LogP contribution in [-0.4, -0.2) is 46.5 Å². The number of fused-ring (bicyclic) bond motifs is 1. The van der Waals surface area contributed by atoms with Crippen molar-refractivity contribution in [1.82, 2.24) is 4.98 Å². The highest BCUT2D eigenvalue weighted by molar-refractivity contribution is 5.92. The van der Waals surface area contributed by atoms with Gasteiger partial charge >= 0.3 is 11.9 Å². The van der Waals surface area contributed by atoms with E-state index in [1.165, 1.54) is 12.3 Å². The van der Waals surface area contributed by atoms with Gasteiger partial charge in [0.15, 0.2) is 6.61 Å². The summed E-state index contributed by atoms with van der Waals surface area (Å²) in [4.78, 5) is 26.6. The Balaban J connectivity index is 0.00000139. The molecule has 2 aromatic rings. The lowest BCUT2D eigenvalue weighted by Crippen LogP contribution is -2.27. The molecule has 0 saturated carbocycles. The zero-order valence-electron chi connectivity index (χ0n) is 14.1. The molecule has 0 aliphatic rings. The van der Waals surface area contributed by atoms with E-state index >= 15 is 0 Å². The maximum Gasteiger partial charge on any atom is 0.344 e. The van der Waals surface area contributed by atoms with Gasteiger partial charge in [-0.25, -0.2) is 9.59 Å². The molecule has 0 saturated heterocycles. The molecule has 0 amide bonds. The number of ether oxygens (including phenoxy) is 2. The fraction of sp³-hybridized carbons (Fsp3) is 0.353. The third kappa shape index (κ3) is 5.85. The van der Waals surface area contributed by atoms with Gasteiger partial charge in [-0.15, -0.1) is 0 Å². The number of carboxylic acid groups (broad SMARTS) is 1. The van der Waals surface area contributed by atoms with Crippen molar-refractivity contribution >= 4 is 22.8 Å². The topological polar surface area (TPSA) is 106 Å². The van der Waals surface area contributed by atoms with Gasteiger partial charge in [0.05, 0.1) is 11.1 Å². The maximum atomic E-state index is 11.6. The van der Waals surface area contributed by atoms with Gasteiger partial charge in [-0.05, 0) is 45.0 Å². The Morgan fingerprint density at radius 1 is 1.17 bits per heavy atom. The zero-order valence-corrected chi connectivity index (χ0v) is 14.1. The van der Waals surface area contributed by atoms with E-state index in [1.807, 2.05) is 0 Å². The first kappa shape index (κ1) is 19.4. The molecule has 0 atom stereocenters. The van der Waals surface area contributed by atoms with Crippen molar-refractivity contribution in [2.75, 3.05) is 13.7 Å². The second kappa shape index (κ2) is 8.26. The molecule has 1 heterocycles. The molecular weight excluding hydrogens is 314 g/mol. The van der Waals surface area contributed by atoms with Crippen molar-refractivity contribution in [2.24, 2.45) is 0 Å². The van der Waals surface area contributed by atoms with Gasteiger partial charge in [0.1, 0.15) is 11.4 Å². The van der Waals surface area contributed by atoms with Crippen molar-refractivity contribution in [2.45, 2.75) is 26.4 Å². The van der Waals surface area contributed by atoms with Crippen LogP contribution in [0, 0.1) is 0 Å². The van der Waals surface area contributed by atoms with Crippen LogP contribution in [0.2, 0.25) is 0 Å². The van der Waals surface area contributed by atoms with Crippen molar-refractivity contribution in [1.29, 1.82) is 0 Å². The molecule has 7 heteroatoms. The van der Waals surface area contributed by atoms with Gasteiger partial charge < -0.3 is 19.7 Å². The number of aromatic nitrogens is 1. The molecule has 0 aliphatic heterocycles. The third-order valence-electron chi connectivity index (χ3n) is 2.68. The molecule has 24 heavy (non-hydrogen) atoms. The van der Waals surface area contributed by atoms with Gasteiger partial charge in [0.2, 0.25) is 0 Å². The maximum absolute atomic E-state index is 11.6. The van der Waals surface area contributed by atoms with Gasteiger partial charge in [0.25, 0.3) is 0 Å². The van der Waals surface area contributed by atoms with Crippen molar-refractivity contribution in [3.05, 3.63) is 36.0 Å². The summed E-state index contributed by atoms with van der Waals surface area (Å²) in [6.07, 6.45) is 1.30. The highest BCUT2D eigenvalue weighted by Crippen LogP contribution is 2.20. The SMILES string of the molecule is CC(C)(C)OC(=O)COc1ccc2ncc(C(=O)O)cc2c1.CO. The summed E-state index contributed by atoms with van der Waals surface area (Å²) in [5.74, 6) is -1.07. The summed E-state index contributed by atoms with van der Waals surface area (Å²) in [5, 5.41) is 16.6. The molecule has 1 aromatic carbocycles. The van der Waals surface area contributed by atoms with E-state index < -0.39 is 17.5 Å². The number of nitrogens with zero attached hydrogens (tertiary/aromatic N) is 1. The number of hydrogen-bond donors (Lipinski definition) is 2. The third-order valence-corrected chi connectivity index (χ3v) is 2.68. The lowest BCUT2D eigenvalue weighted by atomic mass is 10.1. The first-order chi connectivity index (χ1) is 11.2. The quantitative estimate of drug-likeness (QED) is 0.825. The Morgan fingerprint density at radius 2 is 1.83 bits per heavy atom. The standard InChI is InChI=1S/C16H17NO5.CH4O/c1-16(2,3)22-14(18)9-21-12-4-5-13-10(7-12)6-11(8-17-13)15(19)20;1-2/h4-8H,9H2,1-3H3,(H,19,20);2H,1H3. The molecular formula is C17H21NO6. The van der Waals surface area contributed by atoms with E-state index in [-0.39, 0.29) is 12.2 Å². The minimum Gasteiger partial charge on any atom is -0.482 e. The van der Waals surface area contributed by atoms with Gasteiger partial charge in [-0.1, -0.05) is 0 Å². The fourth-order valence-electron chi connectivity index (χ4n) is 1.83. The molecule has 0 unspecified atom stereocenters. The van der Waals surface area contributed by atoms with Gasteiger partial charge in [-0.2, -0.15) is 0 Å². The largest absolute Gasteiger partial charge is 0.482 e. The first-order valence-corrected chi connectivity index (χ1v) is 7.17.